The van der Waals surface area contributed by atoms with E-state index in [0.29, 0.717) is 28.2 Å². The first-order valence-corrected chi connectivity index (χ1v) is 9.86. The maximum Gasteiger partial charge on any atom is 0.455 e. The maximum absolute atomic E-state index is 12.9. The molecule has 0 aliphatic carbocycles. The van der Waals surface area contributed by atoms with Crippen LogP contribution in [0.1, 0.15) is 21.5 Å². The Kier molecular flexibility index (Phi) is 5.73. The molecule has 10 heteroatoms. The third kappa shape index (κ3) is 4.28. The van der Waals surface area contributed by atoms with Crippen molar-refractivity contribution in [3.8, 4) is 17.9 Å². The Morgan fingerprint density at radius 1 is 0.857 bits per heavy atom. The van der Waals surface area contributed by atoms with Crippen molar-refractivity contribution in [2.75, 3.05) is 4.90 Å². The topological polar surface area (TPSA) is 118 Å². The quantitative estimate of drug-likeness (QED) is 0.308. The summed E-state index contributed by atoms with van der Waals surface area (Å²) in [5, 5.41) is 28.2. The first-order chi connectivity index (χ1) is 16.6. The maximum atomic E-state index is 12.9. The van der Waals surface area contributed by atoms with Gasteiger partial charge in [-0.25, -0.2) is 4.79 Å². The van der Waals surface area contributed by atoms with Crippen LogP contribution >= 0.6 is 0 Å². The molecule has 0 spiro atoms. The summed E-state index contributed by atoms with van der Waals surface area (Å²) in [6, 6.07) is 20.9. The molecule has 0 atom stereocenters. The standard InChI is InChI=1S/C25H12F3N3O4/c26-25(27,28)23(33)21-22(32)19-10-9-18(11-20(19)35-24(21)34)31(16-5-1-14(12-29)2-6-16)17-7-3-15(13-30)4-8-17/h1-11,32H. The summed E-state index contributed by atoms with van der Waals surface area (Å²) in [5.41, 5.74) is -1.03. The van der Waals surface area contributed by atoms with Gasteiger partial charge in [-0.15, -0.1) is 0 Å². The predicted octanol–water partition coefficient (Wildman–Crippen LogP) is 5.46. The molecule has 7 nitrogen and oxygen atoms in total. The van der Waals surface area contributed by atoms with Crippen LogP contribution in [0.5, 0.6) is 5.75 Å². The Bertz CT molecular complexity index is 1540. The second kappa shape index (κ2) is 8.69. The van der Waals surface area contributed by atoms with Crippen LogP contribution in [0.15, 0.2) is 75.9 Å². The number of nitriles is 2. The zero-order valence-electron chi connectivity index (χ0n) is 17.5. The van der Waals surface area contributed by atoms with Gasteiger partial charge < -0.3 is 14.4 Å². The number of benzene rings is 3. The van der Waals surface area contributed by atoms with Crippen molar-refractivity contribution >= 4 is 33.8 Å². The number of halogens is 3. The highest BCUT2D eigenvalue weighted by molar-refractivity contribution is 6.06. The number of anilines is 3. The summed E-state index contributed by atoms with van der Waals surface area (Å²) in [6.07, 6.45) is -5.37. The number of hydrogen-bond acceptors (Lipinski definition) is 7. The van der Waals surface area contributed by atoms with Crippen LogP contribution in [0.3, 0.4) is 0 Å². The van der Waals surface area contributed by atoms with Gasteiger partial charge in [-0.3, -0.25) is 4.79 Å². The van der Waals surface area contributed by atoms with E-state index in [0.717, 1.165) is 0 Å². The van der Waals surface area contributed by atoms with Gasteiger partial charge in [0.2, 0.25) is 0 Å². The lowest BCUT2D eigenvalue weighted by Gasteiger charge is -2.25. The minimum Gasteiger partial charge on any atom is -0.506 e. The molecule has 1 heterocycles. The van der Waals surface area contributed by atoms with E-state index in [9.17, 15) is 27.9 Å². The van der Waals surface area contributed by atoms with Crippen molar-refractivity contribution in [1.82, 2.24) is 0 Å². The molecule has 172 valence electrons. The highest BCUT2D eigenvalue weighted by atomic mass is 19.4. The van der Waals surface area contributed by atoms with Gasteiger partial charge in [0.15, 0.2) is 5.56 Å². The highest BCUT2D eigenvalue weighted by Gasteiger charge is 2.43. The van der Waals surface area contributed by atoms with Crippen LogP contribution in [-0.2, 0) is 0 Å². The van der Waals surface area contributed by atoms with E-state index < -0.39 is 28.9 Å². The monoisotopic (exact) mass is 475 g/mol. The lowest BCUT2D eigenvalue weighted by molar-refractivity contribution is -0.0888. The molecule has 0 aliphatic rings. The molecule has 4 aromatic rings. The van der Waals surface area contributed by atoms with E-state index >= 15 is 0 Å². The molecule has 0 saturated heterocycles. The molecule has 0 unspecified atom stereocenters. The number of carbonyl (C=O) groups excluding carboxylic acids is 1. The van der Waals surface area contributed by atoms with Gasteiger partial charge in [0, 0.05) is 23.1 Å². The van der Waals surface area contributed by atoms with E-state index in [2.05, 4.69) is 0 Å². The number of hydrogen-bond donors (Lipinski definition) is 1. The molecule has 0 saturated carbocycles. The lowest BCUT2D eigenvalue weighted by atomic mass is 10.1. The average molecular weight is 475 g/mol. The Morgan fingerprint density at radius 3 is 1.80 bits per heavy atom. The zero-order chi connectivity index (χ0) is 25.3. The fraction of sp³-hybridized carbons (Fsp3) is 0.0400. The number of carbonyl (C=O) groups is 1. The molecule has 0 aliphatic heterocycles. The third-order valence-electron chi connectivity index (χ3n) is 5.12. The lowest BCUT2D eigenvalue weighted by Crippen LogP contribution is -2.28. The number of fused-ring (bicyclic) bond motifs is 1. The van der Waals surface area contributed by atoms with E-state index in [1.807, 2.05) is 12.1 Å². The SMILES string of the molecule is N#Cc1ccc(N(c2ccc(C#N)cc2)c2ccc3c(O)c(C(=O)C(F)(F)F)c(=O)oc3c2)cc1. The molecule has 0 bridgehead atoms. The van der Waals surface area contributed by atoms with Crippen LogP contribution in [0.25, 0.3) is 11.0 Å². The van der Waals surface area contributed by atoms with Crippen molar-refractivity contribution in [2.24, 2.45) is 0 Å². The van der Waals surface area contributed by atoms with Crippen molar-refractivity contribution < 1.29 is 27.5 Å². The third-order valence-corrected chi connectivity index (χ3v) is 5.12. The molecular formula is C25H12F3N3O4. The van der Waals surface area contributed by atoms with Crippen LogP contribution in [0.4, 0.5) is 30.2 Å². The van der Waals surface area contributed by atoms with E-state index in [4.69, 9.17) is 14.9 Å². The normalized spacial score (nSPS) is 11.0. The molecular weight excluding hydrogens is 463 g/mol. The highest BCUT2D eigenvalue weighted by Crippen LogP contribution is 2.38. The predicted molar refractivity (Wildman–Crippen MR) is 119 cm³/mol. The fourth-order valence-corrected chi connectivity index (χ4v) is 3.47. The van der Waals surface area contributed by atoms with Crippen LogP contribution in [0.2, 0.25) is 0 Å². The summed E-state index contributed by atoms with van der Waals surface area (Å²) in [5.74, 6) is -3.64. The van der Waals surface area contributed by atoms with Gasteiger partial charge in [0.25, 0.3) is 5.78 Å². The average Bonchev–Trinajstić information content (AvgIpc) is 2.84. The molecule has 0 amide bonds. The van der Waals surface area contributed by atoms with E-state index in [-0.39, 0.29) is 11.0 Å². The molecule has 4 rings (SSSR count). The zero-order valence-corrected chi connectivity index (χ0v) is 17.5. The van der Waals surface area contributed by atoms with Crippen LogP contribution in [0, 0.1) is 22.7 Å². The van der Waals surface area contributed by atoms with Crippen molar-refractivity contribution in [1.29, 1.82) is 10.5 Å². The van der Waals surface area contributed by atoms with Gasteiger partial charge in [-0.1, -0.05) is 0 Å². The molecule has 3 aromatic carbocycles. The summed E-state index contributed by atoms with van der Waals surface area (Å²) < 4.78 is 43.6. The minimum atomic E-state index is -5.37. The number of aromatic hydroxyl groups is 1. The van der Waals surface area contributed by atoms with Gasteiger partial charge >= 0.3 is 11.8 Å². The number of rotatable bonds is 4. The summed E-state index contributed by atoms with van der Waals surface area (Å²) in [4.78, 5) is 25.5. The van der Waals surface area contributed by atoms with Crippen molar-refractivity contribution in [3.05, 3.63) is 93.8 Å². The Morgan fingerprint density at radius 2 is 1.34 bits per heavy atom. The van der Waals surface area contributed by atoms with Gasteiger partial charge in [-0.05, 0) is 60.7 Å². The van der Waals surface area contributed by atoms with Gasteiger partial charge in [0.1, 0.15) is 11.3 Å². The second-order valence-corrected chi connectivity index (χ2v) is 7.27. The number of nitrogens with zero attached hydrogens (tertiary/aromatic N) is 3. The molecule has 0 radical (unpaired) electrons. The van der Waals surface area contributed by atoms with Gasteiger partial charge in [0.05, 0.1) is 28.7 Å². The number of Topliss-reactive ketones (excluding diaryl/α,β-unsaturated/α-hetero) is 1. The van der Waals surface area contributed by atoms with E-state index in [1.54, 1.807) is 53.4 Å². The molecule has 1 N–H and O–H groups in total. The second-order valence-electron chi connectivity index (χ2n) is 7.27. The fourth-order valence-electron chi connectivity index (χ4n) is 3.47. The van der Waals surface area contributed by atoms with E-state index in [1.165, 1.54) is 18.2 Å². The van der Waals surface area contributed by atoms with Crippen LogP contribution < -0.4 is 10.5 Å². The summed E-state index contributed by atoms with van der Waals surface area (Å²) in [6.45, 7) is 0. The smallest absolute Gasteiger partial charge is 0.455 e. The first-order valence-electron chi connectivity index (χ1n) is 9.86. The Labute approximate surface area is 195 Å². The van der Waals surface area contributed by atoms with Gasteiger partial charge in [-0.2, -0.15) is 23.7 Å². The number of ketones is 1. The summed E-state index contributed by atoms with van der Waals surface area (Å²) in [7, 11) is 0. The number of alkyl halides is 3. The summed E-state index contributed by atoms with van der Waals surface area (Å²) >= 11 is 0. The Hall–Kier alpha value is -5.09. The largest absolute Gasteiger partial charge is 0.506 e. The van der Waals surface area contributed by atoms with Crippen LogP contribution in [-0.4, -0.2) is 17.1 Å². The van der Waals surface area contributed by atoms with Crippen molar-refractivity contribution in [3.63, 3.8) is 0 Å². The Balaban J connectivity index is 1.90. The molecule has 35 heavy (non-hydrogen) atoms. The first kappa shape index (κ1) is 23.1. The minimum absolute atomic E-state index is 0.254. The van der Waals surface area contributed by atoms with Crippen molar-refractivity contribution in [2.45, 2.75) is 6.18 Å². The molecule has 1 aromatic heterocycles. The molecule has 0 fully saturated rings.